The first kappa shape index (κ1) is 13.2. The van der Waals surface area contributed by atoms with Crippen LogP contribution >= 0.6 is 22.9 Å². The third-order valence-electron chi connectivity index (χ3n) is 4.03. The molecule has 0 saturated carbocycles. The van der Waals surface area contributed by atoms with Gasteiger partial charge in [0.2, 0.25) is 0 Å². The molecule has 1 aliphatic rings. The van der Waals surface area contributed by atoms with E-state index in [1.165, 1.54) is 35.3 Å². The van der Waals surface area contributed by atoms with Crippen molar-refractivity contribution in [1.29, 1.82) is 0 Å². The second kappa shape index (κ2) is 5.66. The molecule has 2 unspecified atom stereocenters. The lowest BCUT2D eigenvalue weighted by Crippen LogP contribution is -2.32. The predicted octanol–water partition coefficient (Wildman–Crippen LogP) is 4.39. The number of fused-ring (bicyclic) bond motifs is 1. The summed E-state index contributed by atoms with van der Waals surface area (Å²) in [5.74, 6) is 0.492. The molecule has 0 saturated heterocycles. The Kier molecular flexibility index (Phi) is 3.92. The van der Waals surface area contributed by atoms with Crippen molar-refractivity contribution in [3.05, 3.63) is 56.7 Å². The first-order valence-corrected chi connectivity index (χ1v) is 8.06. The van der Waals surface area contributed by atoms with Gasteiger partial charge in [-0.2, -0.15) is 0 Å². The molecule has 2 aromatic rings. The summed E-state index contributed by atoms with van der Waals surface area (Å²) in [5, 5.41) is 3.03. The molecule has 1 aliphatic carbocycles. The van der Waals surface area contributed by atoms with Gasteiger partial charge in [0.1, 0.15) is 0 Å². The van der Waals surface area contributed by atoms with Gasteiger partial charge in [0, 0.05) is 21.9 Å². The molecule has 3 heteroatoms. The van der Waals surface area contributed by atoms with E-state index in [0.717, 1.165) is 11.4 Å². The van der Waals surface area contributed by atoms with Gasteiger partial charge < -0.3 is 5.73 Å². The van der Waals surface area contributed by atoms with E-state index in [1.807, 2.05) is 29.5 Å². The molecular weight excluding hydrogens is 274 g/mol. The topological polar surface area (TPSA) is 26.0 Å². The first-order chi connectivity index (χ1) is 9.25. The largest absolute Gasteiger partial charge is 0.327 e. The second-order valence-electron chi connectivity index (χ2n) is 5.26. The van der Waals surface area contributed by atoms with Crippen molar-refractivity contribution < 1.29 is 0 Å². The highest BCUT2D eigenvalue weighted by Gasteiger charge is 2.26. The normalized spacial score (nSPS) is 20.0. The van der Waals surface area contributed by atoms with Gasteiger partial charge in [-0.05, 0) is 54.3 Å². The van der Waals surface area contributed by atoms with Crippen LogP contribution in [0.25, 0.3) is 0 Å². The zero-order valence-electron chi connectivity index (χ0n) is 10.8. The number of hydrogen-bond acceptors (Lipinski definition) is 2. The van der Waals surface area contributed by atoms with Gasteiger partial charge in [0.15, 0.2) is 0 Å². The van der Waals surface area contributed by atoms with Crippen LogP contribution in [0, 0.1) is 0 Å². The Morgan fingerprint density at radius 3 is 3.00 bits per heavy atom. The summed E-state index contributed by atoms with van der Waals surface area (Å²) in [6, 6.07) is 10.4. The van der Waals surface area contributed by atoms with Gasteiger partial charge in [-0.15, -0.1) is 11.3 Å². The second-order valence-corrected chi connectivity index (χ2v) is 6.67. The van der Waals surface area contributed by atoms with Crippen LogP contribution in [-0.2, 0) is 12.8 Å². The predicted molar refractivity (Wildman–Crippen MR) is 83.1 cm³/mol. The lowest BCUT2D eigenvalue weighted by Gasteiger charge is -2.28. The molecular formula is C16H18ClNS. The molecule has 0 bridgehead atoms. The standard InChI is InChI=1S/C16H18ClNS/c17-14-6-2-1-4-11(14)10-15(18)12-5-3-7-16-13(12)8-9-19-16/h1-2,4,6,8-9,12,15H,3,5,7,10,18H2. The molecule has 2 atom stereocenters. The Labute approximate surface area is 123 Å². The molecule has 100 valence electrons. The van der Waals surface area contributed by atoms with Crippen molar-refractivity contribution in [3.63, 3.8) is 0 Å². The van der Waals surface area contributed by atoms with Crippen LogP contribution < -0.4 is 5.73 Å². The highest BCUT2D eigenvalue weighted by Crippen LogP contribution is 2.37. The van der Waals surface area contributed by atoms with Crippen LogP contribution in [0.15, 0.2) is 35.7 Å². The molecule has 3 rings (SSSR count). The molecule has 0 radical (unpaired) electrons. The Balaban J connectivity index is 1.79. The Morgan fingerprint density at radius 2 is 2.16 bits per heavy atom. The molecule has 19 heavy (non-hydrogen) atoms. The average molecular weight is 292 g/mol. The van der Waals surface area contributed by atoms with E-state index in [4.69, 9.17) is 17.3 Å². The third kappa shape index (κ3) is 2.71. The minimum absolute atomic E-state index is 0.161. The van der Waals surface area contributed by atoms with E-state index in [1.54, 1.807) is 0 Å². The molecule has 0 aliphatic heterocycles. The molecule has 0 fully saturated rings. The Morgan fingerprint density at radius 1 is 1.32 bits per heavy atom. The number of nitrogens with two attached hydrogens (primary N) is 1. The highest BCUT2D eigenvalue weighted by atomic mass is 35.5. The van der Waals surface area contributed by atoms with Crippen molar-refractivity contribution in [2.45, 2.75) is 37.6 Å². The van der Waals surface area contributed by atoms with Crippen LogP contribution in [0.4, 0.5) is 0 Å². The molecule has 1 aromatic carbocycles. The quantitative estimate of drug-likeness (QED) is 0.892. The number of halogens is 1. The highest BCUT2D eigenvalue weighted by molar-refractivity contribution is 7.10. The zero-order chi connectivity index (χ0) is 13.2. The minimum Gasteiger partial charge on any atom is -0.327 e. The smallest absolute Gasteiger partial charge is 0.0438 e. The van der Waals surface area contributed by atoms with Gasteiger partial charge in [-0.1, -0.05) is 29.8 Å². The lowest BCUT2D eigenvalue weighted by atomic mass is 9.81. The maximum absolute atomic E-state index is 6.47. The number of aryl methyl sites for hydroxylation is 1. The molecule has 2 N–H and O–H groups in total. The summed E-state index contributed by atoms with van der Waals surface area (Å²) in [4.78, 5) is 1.53. The summed E-state index contributed by atoms with van der Waals surface area (Å²) in [6.07, 6.45) is 4.55. The van der Waals surface area contributed by atoms with Crippen LogP contribution in [-0.4, -0.2) is 6.04 Å². The maximum atomic E-state index is 6.47. The fraction of sp³-hybridized carbons (Fsp3) is 0.375. The zero-order valence-corrected chi connectivity index (χ0v) is 12.4. The van der Waals surface area contributed by atoms with E-state index >= 15 is 0 Å². The van der Waals surface area contributed by atoms with Crippen LogP contribution in [0.3, 0.4) is 0 Å². The fourth-order valence-electron chi connectivity index (χ4n) is 3.03. The van der Waals surface area contributed by atoms with Crippen LogP contribution in [0.5, 0.6) is 0 Å². The first-order valence-electron chi connectivity index (χ1n) is 6.81. The van der Waals surface area contributed by atoms with E-state index in [9.17, 15) is 0 Å². The summed E-state index contributed by atoms with van der Waals surface area (Å²) < 4.78 is 0. The van der Waals surface area contributed by atoms with Gasteiger partial charge in [0.25, 0.3) is 0 Å². The summed E-state index contributed by atoms with van der Waals surface area (Å²) in [6.45, 7) is 0. The summed E-state index contributed by atoms with van der Waals surface area (Å²) >= 11 is 8.11. The summed E-state index contributed by atoms with van der Waals surface area (Å²) in [7, 11) is 0. The lowest BCUT2D eigenvalue weighted by molar-refractivity contribution is 0.464. The van der Waals surface area contributed by atoms with E-state index < -0.39 is 0 Å². The van der Waals surface area contributed by atoms with Crippen LogP contribution in [0.2, 0.25) is 5.02 Å². The number of rotatable bonds is 3. The van der Waals surface area contributed by atoms with E-state index in [2.05, 4.69) is 17.5 Å². The van der Waals surface area contributed by atoms with E-state index in [-0.39, 0.29) is 6.04 Å². The maximum Gasteiger partial charge on any atom is 0.0438 e. The number of thiophene rings is 1. The minimum atomic E-state index is 0.161. The van der Waals surface area contributed by atoms with Gasteiger partial charge >= 0.3 is 0 Å². The SMILES string of the molecule is NC(Cc1ccccc1Cl)C1CCCc2sccc21. The van der Waals surface area contributed by atoms with Crippen molar-refractivity contribution in [3.8, 4) is 0 Å². The summed E-state index contributed by atoms with van der Waals surface area (Å²) in [5.41, 5.74) is 9.12. The monoisotopic (exact) mass is 291 g/mol. The molecule has 0 spiro atoms. The van der Waals surface area contributed by atoms with Crippen molar-refractivity contribution >= 4 is 22.9 Å². The molecule has 0 amide bonds. The molecule has 1 nitrogen and oxygen atoms in total. The molecule has 1 heterocycles. The Bertz CT molecular complexity index is 563. The average Bonchev–Trinajstić information content (AvgIpc) is 2.89. The van der Waals surface area contributed by atoms with Crippen molar-refractivity contribution in [2.24, 2.45) is 5.73 Å². The Hall–Kier alpha value is -0.830. The van der Waals surface area contributed by atoms with Gasteiger partial charge in [0.05, 0.1) is 0 Å². The number of benzene rings is 1. The van der Waals surface area contributed by atoms with Gasteiger partial charge in [-0.3, -0.25) is 0 Å². The third-order valence-corrected chi connectivity index (χ3v) is 5.39. The van der Waals surface area contributed by atoms with Crippen LogP contribution in [0.1, 0.15) is 34.8 Å². The van der Waals surface area contributed by atoms with Crippen molar-refractivity contribution in [2.75, 3.05) is 0 Å². The van der Waals surface area contributed by atoms with Gasteiger partial charge in [-0.25, -0.2) is 0 Å². The molecule has 1 aromatic heterocycles. The van der Waals surface area contributed by atoms with Crippen molar-refractivity contribution in [1.82, 2.24) is 0 Å². The fourth-order valence-corrected chi connectivity index (χ4v) is 4.24. The van der Waals surface area contributed by atoms with E-state index in [0.29, 0.717) is 5.92 Å². The number of hydrogen-bond donors (Lipinski definition) is 1.